The van der Waals surface area contributed by atoms with Gasteiger partial charge in [0.05, 0.1) is 15.7 Å². The third kappa shape index (κ3) is 2.41. The van der Waals surface area contributed by atoms with Crippen LogP contribution in [-0.4, -0.2) is 4.98 Å². The Bertz CT molecular complexity index is 682. The Morgan fingerprint density at radius 1 is 1.05 bits per heavy atom. The van der Waals surface area contributed by atoms with E-state index in [0.717, 1.165) is 5.52 Å². The quantitative estimate of drug-likeness (QED) is 0.612. The van der Waals surface area contributed by atoms with Gasteiger partial charge in [0.15, 0.2) is 0 Å². The summed E-state index contributed by atoms with van der Waals surface area (Å²) in [6.07, 6.45) is 1.19. The molecule has 0 amide bonds. The van der Waals surface area contributed by atoms with Crippen molar-refractivity contribution in [2.45, 2.75) is 26.2 Å². The van der Waals surface area contributed by atoms with E-state index in [4.69, 9.17) is 0 Å². The van der Waals surface area contributed by atoms with Crippen LogP contribution < -0.4 is 0 Å². The Labute approximate surface area is 117 Å². The molecule has 96 valence electrons. The van der Waals surface area contributed by atoms with Gasteiger partial charge in [0.2, 0.25) is 0 Å². The standard InChI is InChI=1S/C17H17NS/c1-3-12(2)13-4-6-14(7-5-13)15-8-9-16-17(10-15)19-11-18-16/h4-12H,3H2,1-2H3. The molecule has 3 aromatic rings. The molecule has 0 radical (unpaired) electrons. The molecular weight excluding hydrogens is 250 g/mol. The van der Waals surface area contributed by atoms with Gasteiger partial charge in [0.25, 0.3) is 0 Å². The molecule has 1 aromatic heterocycles. The maximum Gasteiger partial charge on any atom is 0.0812 e. The van der Waals surface area contributed by atoms with Crippen molar-refractivity contribution in [3.05, 3.63) is 53.5 Å². The Balaban J connectivity index is 1.96. The fraction of sp³-hybridized carbons (Fsp3) is 0.235. The first-order valence-electron chi connectivity index (χ1n) is 6.71. The van der Waals surface area contributed by atoms with Gasteiger partial charge in [0.1, 0.15) is 0 Å². The van der Waals surface area contributed by atoms with Gasteiger partial charge >= 0.3 is 0 Å². The predicted molar refractivity (Wildman–Crippen MR) is 83.8 cm³/mol. The zero-order valence-corrected chi connectivity index (χ0v) is 12.1. The summed E-state index contributed by atoms with van der Waals surface area (Å²) in [6.45, 7) is 4.51. The molecule has 1 nitrogen and oxygen atoms in total. The average molecular weight is 267 g/mol. The molecule has 0 aliphatic carbocycles. The molecular formula is C17H17NS. The summed E-state index contributed by atoms with van der Waals surface area (Å²) in [6, 6.07) is 15.4. The molecule has 0 spiro atoms. The van der Waals surface area contributed by atoms with Gasteiger partial charge in [-0.2, -0.15) is 0 Å². The Hall–Kier alpha value is -1.67. The van der Waals surface area contributed by atoms with E-state index < -0.39 is 0 Å². The zero-order chi connectivity index (χ0) is 13.2. The Kier molecular flexibility index (Phi) is 3.34. The third-order valence-electron chi connectivity index (χ3n) is 3.76. The molecule has 0 fully saturated rings. The van der Waals surface area contributed by atoms with E-state index in [1.807, 2.05) is 5.51 Å². The second kappa shape index (κ2) is 5.14. The van der Waals surface area contributed by atoms with Crippen molar-refractivity contribution in [1.82, 2.24) is 4.98 Å². The molecule has 2 aromatic carbocycles. The van der Waals surface area contributed by atoms with Gasteiger partial charge in [-0.05, 0) is 41.2 Å². The minimum absolute atomic E-state index is 0.637. The minimum Gasteiger partial charge on any atom is -0.245 e. The van der Waals surface area contributed by atoms with Crippen molar-refractivity contribution < 1.29 is 0 Å². The number of hydrogen-bond acceptors (Lipinski definition) is 2. The molecule has 3 rings (SSSR count). The summed E-state index contributed by atoms with van der Waals surface area (Å²) in [7, 11) is 0. The number of benzene rings is 2. The van der Waals surface area contributed by atoms with Crippen molar-refractivity contribution in [3.8, 4) is 11.1 Å². The van der Waals surface area contributed by atoms with Gasteiger partial charge in [0, 0.05) is 0 Å². The smallest absolute Gasteiger partial charge is 0.0812 e. The lowest BCUT2D eigenvalue weighted by molar-refractivity contribution is 0.734. The van der Waals surface area contributed by atoms with Crippen LogP contribution >= 0.6 is 11.3 Å². The Morgan fingerprint density at radius 3 is 2.53 bits per heavy atom. The summed E-state index contributed by atoms with van der Waals surface area (Å²) < 4.78 is 1.25. The number of rotatable bonds is 3. The van der Waals surface area contributed by atoms with Gasteiger partial charge in [-0.25, -0.2) is 4.98 Å². The second-order valence-electron chi connectivity index (χ2n) is 4.97. The molecule has 1 atom stereocenters. The highest BCUT2D eigenvalue weighted by atomic mass is 32.1. The molecule has 0 saturated heterocycles. The maximum atomic E-state index is 4.32. The minimum atomic E-state index is 0.637. The predicted octanol–water partition coefficient (Wildman–Crippen LogP) is 5.48. The van der Waals surface area contributed by atoms with Crippen LogP contribution in [0.25, 0.3) is 21.3 Å². The van der Waals surface area contributed by atoms with E-state index in [-0.39, 0.29) is 0 Å². The zero-order valence-electron chi connectivity index (χ0n) is 11.3. The third-order valence-corrected chi connectivity index (χ3v) is 4.55. The summed E-state index contributed by atoms with van der Waals surface area (Å²) in [4.78, 5) is 4.32. The van der Waals surface area contributed by atoms with E-state index in [1.165, 1.54) is 27.8 Å². The molecule has 1 heterocycles. The van der Waals surface area contributed by atoms with E-state index in [0.29, 0.717) is 5.92 Å². The van der Waals surface area contributed by atoms with Gasteiger partial charge in [-0.1, -0.05) is 44.2 Å². The van der Waals surface area contributed by atoms with Crippen molar-refractivity contribution in [3.63, 3.8) is 0 Å². The van der Waals surface area contributed by atoms with Crippen LogP contribution in [0.1, 0.15) is 31.7 Å². The van der Waals surface area contributed by atoms with Crippen LogP contribution in [0.15, 0.2) is 48.0 Å². The molecule has 19 heavy (non-hydrogen) atoms. The summed E-state index contributed by atoms with van der Waals surface area (Å²) in [5.41, 5.74) is 6.96. The highest BCUT2D eigenvalue weighted by Gasteiger charge is 2.04. The molecule has 0 N–H and O–H groups in total. The fourth-order valence-electron chi connectivity index (χ4n) is 2.27. The average Bonchev–Trinajstić information content (AvgIpc) is 2.94. The number of aromatic nitrogens is 1. The van der Waals surface area contributed by atoms with Crippen LogP contribution in [0.5, 0.6) is 0 Å². The first kappa shape index (κ1) is 12.4. The lowest BCUT2D eigenvalue weighted by atomic mass is 9.96. The van der Waals surface area contributed by atoms with Gasteiger partial charge in [-0.15, -0.1) is 11.3 Å². The van der Waals surface area contributed by atoms with Gasteiger partial charge in [-0.3, -0.25) is 0 Å². The number of hydrogen-bond donors (Lipinski definition) is 0. The Morgan fingerprint density at radius 2 is 1.79 bits per heavy atom. The lowest BCUT2D eigenvalue weighted by Crippen LogP contribution is -1.90. The summed E-state index contributed by atoms with van der Waals surface area (Å²) >= 11 is 1.70. The first-order valence-corrected chi connectivity index (χ1v) is 7.59. The normalized spacial score (nSPS) is 12.7. The van der Waals surface area contributed by atoms with E-state index in [9.17, 15) is 0 Å². The molecule has 0 saturated carbocycles. The van der Waals surface area contributed by atoms with Crippen LogP contribution in [0.2, 0.25) is 0 Å². The van der Waals surface area contributed by atoms with Gasteiger partial charge < -0.3 is 0 Å². The molecule has 1 unspecified atom stereocenters. The lowest BCUT2D eigenvalue weighted by Gasteiger charge is -2.09. The number of fused-ring (bicyclic) bond motifs is 1. The van der Waals surface area contributed by atoms with Crippen molar-refractivity contribution in [2.24, 2.45) is 0 Å². The fourth-order valence-corrected chi connectivity index (χ4v) is 2.99. The van der Waals surface area contributed by atoms with Crippen LogP contribution in [0, 0.1) is 0 Å². The SMILES string of the molecule is CCC(C)c1ccc(-c2ccc3ncsc3c2)cc1. The van der Waals surface area contributed by atoms with E-state index in [1.54, 1.807) is 11.3 Å². The highest BCUT2D eigenvalue weighted by molar-refractivity contribution is 7.16. The van der Waals surface area contributed by atoms with Crippen molar-refractivity contribution >= 4 is 21.6 Å². The van der Waals surface area contributed by atoms with Crippen molar-refractivity contribution in [1.29, 1.82) is 0 Å². The largest absolute Gasteiger partial charge is 0.245 e. The molecule has 2 heteroatoms. The van der Waals surface area contributed by atoms with Crippen LogP contribution in [-0.2, 0) is 0 Å². The van der Waals surface area contributed by atoms with E-state index >= 15 is 0 Å². The van der Waals surface area contributed by atoms with Crippen LogP contribution in [0.4, 0.5) is 0 Å². The molecule has 0 aliphatic heterocycles. The second-order valence-corrected chi connectivity index (χ2v) is 5.85. The maximum absolute atomic E-state index is 4.32. The van der Waals surface area contributed by atoms with Crippen molar-refractivity contribution in [2.75, 3.05) is 0 Å². The first-order chi connectivity index (χ1) is 9.28. The topological polar surface area (TPSA) is 12.9 Å². The van der Waals surface area contributed by atoms with Crippen LogP contribution in [0.3, 0.4) is 0 Å². The monoisotopic (exact) mass is 267 g/mol. The molecule has 0 bridgehead atoms. The summed E-state index contributed by atoms with van der Waals surface area (Å²) in [5.74, 6) is 0.637. The summed E-state index contributed by atoms with van der Waals surface area (Å²) in [5, 5.41) is 0. The number of nitrogens with zero attached hydrogens (tertiary/aromatic N) is 1. The molecule has 0 aliphatic rings. The highest BCUT2D eigenvalue weighted by Crippen LogP contribution is 2.28. The number of thiazole rings is 1. The van der Waals surface area contributed by atoms with E-state index in [2.05, 4.69) is 61.3 Å².